The van der Waals surface area contributed by atoms with Crippen molar-refractivity contribution >= 4 is 28.6 Å². The summed E-state index contributed by atoms with van der Waals surface area (Å²) in [6, 6.07) is 0. The second-order valence-electron chi connectivity index (χ2n) is 5.73. The summed E-state index contributed by atoms with van der Waals surface area (Å²) in [6.07, 6.45) is 3.44. The zero-order valence-electron chi connectivity index (χ0n) is 12.5. The number of hydrogen-bond acceptors (Lipinski definition) is 4. The van der Waals surface area contributed by atoms with E-state index in [2.05, 4.69) is 12.2 Å². The highest BCUT2D eigenvalue weighted by molar-refractivity contribution is 8.14. The average Bonchev–Trinajstić information content (AvgIpc) is 2.83. The van der Waals surface area contributed by atoms with Crippen LogP contribution >= 0.6 is 11.8 Å². The SMILES string of the molecule is [CH2]CC(=O)C1(NC(=O)C(SC(C)=O)C(C)C)CCCC1. The van der Waals surface area contributed by atoms with Crippen molar-refractivity contribution in [3.8, 4) is 0 Å². The Morgan fingerprint density at radius 3 is 2.20 bits per heavy atom. The van der Waals surface area contributed by atoms with Gasteiger partial charge in [-0.1, -0.05) is 38.5 Å². The Bertz CT molecular complexity index is 387. The van der Waals surface area contributed by atoms with Gasteiger partial charge in [0.25, 0.3) is 0 Å². The Kier molecular flexibility index (Phi) is 6.24. The van der Waals surface area contributed by atoms with Crippen LogP contribution in [0.4, 0.5) is 0 Å². The minimum Gasteiger partial charge on any atom is -0.343 e. The predicted octanol–water partition coefficient (Wildman–Crippen LogP) is 2.51. The molecule has 5 heteroatoms. The van der Waals surface area contributed by atoms with Gasteiger partial charge < -0.3 is 5.32 Å². The molecule has 0 aromatic heterocycles. The van der Waals surface area contributed by atoms with E-state index in [1.54, 1.807) is 0 Å². The van der Waals surface area contributed by atoms with E-state index in [1.807, 2.05) is 13.8 Å². The largest absolute Gasteiger partial charge is 0.343 e. The van der Waals surface area contributed by atoms with Gasteiger partial charge in [0.15, 0.2) is 10.9 Å². The second kappa shape index (κ2) is 7.25. The highest BCUT2D eigenvalue weighted by Gasteiger charge is 2.42. The fourth-order valence-electron chi connectivity index (χ4n) is 2.67. The summed E-state index contributed by atoms with van der Waals surface area (Å²) in [5.74, 6) is -0.167. The van der Waals surface area contributed by atoms with Gasteiger partial charge >= 0.3 is 0 Å². The monoisotopic (exact) mass is 298 g/mol. The van der Waals surface area contributed by atoms with E-state index in [4.69, 9.17) is 0 Å². The average molecular weight is 298 g/mol. The number of carbonyl (C=O) groups excluding carboxylic acids is 3. The summed E-state index contributed by atoms with van der Waals surface area (Å²) in [5, 5.41) is 2.41. The Morgan fingerprint density at radius 1 is 1.25 bits per heavy atom. The number of carbonyl (C=O) groups is 3. The molecule has 0 aromatic carbocycles. The summed E-state index contributed by atoms with van der Waals surface area (Å²) < 4.78 is 0. The van der Waals surface area contributed by atoms with Crippen molar-refractivity contribution in [2.75, 3.05) is 0 Å². The molecule has 4 nitrogen and oxygen atoms in total. The molecule has 0 aromatic rings. The normalized spacial score (nSPS) is 18.9. The summed E-state index contributed by atoms with van der Waals surface area (Å²) in [7, 11) is 0. The maximum Gasteiger partial charge on any atom is 0.234 e. The molecule has 1 amide bonds. The molecule has 0 bridgehead atoms. The van der Waals surface area contributed by atoms with Crippen molar-refractivity contribution in [3.63, 3.8) is 0 Å². The lowest BCUT2D eigenvalue weighted by atomic mass is 9.89. The minimum absolute atomic E-state index is 0.00122. The van der Waals surface area contributed by atoms with Gasteiger partial charge in [-0.25, -0.2) is 0 Å². The third-order valence-electron chi connectivity index (χ3n) is 3.74. The first-order valence-electron chi connectivity index (χ1n) is 7.14. The maximum atomic E-state index is 12.4. The van der Waals surface area contributed by atoms with Gasteiger partial charge in [-0.15, -0.1) is 0 Å². The second-order valence-corrected chi connectivity index (χ2v) is 7.04. The predicted molar refractivity (Wildman–Crippen MR) is 81.2 cm³/mol. The number of thioether (sulfide) groups is 1. The lowest BCUT2D eigenvalue weighted by Gasteiger charge is -2.31. The van der Waals surface area contributed by atoms with Crippen LogP contribution in [0.2, 0.25) is 0 Å². The zero-order chi connectivity index (χ0) is 15.3. The van der Waals surface area contributed by atoms with Crippen LogP contribution < -0.4 is 5.32 Å². The Hall–Kier alpha value is -0.840. The molecule has 1 aliphatic carbocycles. The van der Waals surface area contributed by atoms with Gasteiger partial charge in [0.1, 0.15) is 0 Å². The molecule has 0 aliphatic heterocycles. The molecule has 1 aliphatic rings. The Morgan fingerprint density at radius 2 is 1.80 bits per heavy atom. The van der Waals surface area contributed by atoms with Crippen molar-refractivity contribution in [1.29, 1.82) is 0 Å². The third-order valence-corrected chi connectivity index (χ3v) is 5.08. The summed E-state index contributed by atoms with van der Waals surface area (Å²) >= 11 is 1.04. The molecule has 0 heterocycles. The van der Waals surface area contributed by atoms with Gasteiger partial charge in [-0.05, 0) is 25.7 Å². The van der Waals surface area contributed by atoms with Crippen molar-refractivity contribution in [1.82, 2.24) is 5.32 Å². The summed E-state index contributed by atoms with van der Waals surface area (Å²) in [5.41, 5.74) is -0.747. The zero-order valence-corrected chi connectivity index (χ0v) is 13.3. The van der Waals surface area contributed by atoms with Crippen LogP contribution in [0.3, 0.4) is 0 Å². The molecule has 0 saturated heterocycles. The number of nitrogens with one attached hydrogen (secondary N) is 1. The number of rotatable bonds is 6. The van der Waals surface area contributed by atoms with Crippen molar-refractivity contribution < 1.29 is 14.4 Å². The van der Waals surface area contributed by atoms with Crippen LogP contribution in [-0.4, -0.2) is 27.6 Å². The van der Waals surface area contributed by atoms with Crippen LogP contribution in [0.5, 0.6) is 0 Å². The van der Waals surface area contributed by atoms with Crippen molar-refractivity contribution in [2.24, 2.45) is 5.92 Å². The lowest BCUT2D eigenvalue weighted by molar-refractivity contribution is -0.131. The van der Waals surface area contributed by atoms with E-state index in [0.717, 1.165) is 24.6 Å². The minimum atomic E-state index is -0.747. The summed E-state index contributed by atoms with van der Waals surface area (Å²) in [6.45, 7) is 8.92. The Labute approximate surface area is 125 Å². The van der Waals surface area contributed by atoms with Crippen molar-refractivity contribution in [3.05, 3.63) is 6.92 Å². The van der Waals surface area contributed by atoms with Crippen LogP contribution in [0.15, 0.2) is 0 Å². The lowest BCUT2D eigenvalue weighted by Crippen LogP contribution is -2.55. The molecule has 1 radical (unpaired) electrons. The molecule has 1 atom stereocenters. The molecule has 1 N–H and O–H groups in total. The van der Waals surface area contributed by atoms with Crippen molar-refractivity contribution in [2.45, 2.75) is 63.7 Å². The highest BCUT2D eigenvalue weighted by atomic mass is 32.2. The molecule has 113 valence electrons. The van der Waals surface area contributed by atoms with Crippen LogP contribution in [0.1, 0.15) is 52.9 Å². The first-order chi connectivity index (χ1) is 9.32. The van der Waals surface area contributed by atoms with Gasteiger partial charge in [0.05, 0.1) is 10.8 Å². The van der Waals surface area contributed by atoms with E-state index in [0.29, 0.717) is 12.8 Å². The van der Waals surface area contributed by atoms with Gasteiger partial charge in [0, 0.05) is 13.3 Å². The highest BCUT2D eigenvalue weighted by Crippen LogP contribution is 2.32. The van der Waals surface area contributed by atoms with Gasteiger partial charge in [-0.2, -0.15) is 0 Å². The molecular weight excluding hydrogens is 274 g/mol. The fraction of sp³-hybridized carbons (Fsp3) is 0.733. The van der Waals surface area contributed by atoms with Crippen LogP contribution in [0.25, 0.3) is 0 Å². The third kappa shape index (κ3) is 4.08. The van der Waals surface area contributed by atoms with Gasteiger partial charge in [-0.3, -0.25) is 14.4 Å². The molecule has 1 fully saturated rings. The number of hydrogen-bond donors (Lipinski definition) is 1. The first-order valence-corrected chi connectivity index (χ1v) is 8.02. The van der Waals surface area contributed by atoms with E-state index in [-0.39, 0.29) is 29.1 Å². The van der Waals surface area contributed by atoms with Crippen LogP contribution in [-0.2, 0) is 14.4 Å². The van der Waals surface area contributed by atoms with Gasteiger partial charge in [0.2, 0.25) is 5.91 Å². The number of ketones is 1. The summed E-state index contributed by atoms with van der Waals surface area (Å²) in [4.78, 5) is 35.9. The van der Waals surface area contributed by atoms with Crippen LogP contribution in [0, 0.1) is 12.8 Å². The molecule has 1 unspecified atom stereocenters. The molecular formula is C15H24NO3S. The number of Topliss-reactive ketones (excluding diaryl/α,β-unsaturated/α-hetero) is 1. The first kappa shape index (κ1) is 17.2. The molecule has 20 heavy (non-hydrogen) atoms. The van der Waals surface area contributed by atoms with E-state index < -0.39 is 10.8 Å². The maximum absolute atomic E-state index is 12.4. The number of amides is 1. The molecule has 0 spiro atoms. The quantitative estimate of drug-likeness (QED) is 0.818. The van der Waals surface area contributed by atoms with E-state index >= 15 is 0 Å². The Balaban J connectivity index is 2.84. The topological polar surface area (TPSA) is 63.2 Å². The molecule has 1 rings (SSSR count). The van der Waals surface area contributed by atoms with E-state index in [9.17, 15) is 14.4 Å². The fourth-order valence-corrected chi connectivity index (χ4v) is 3.47. The van der Waals surface area contributed by atoms with E-state index in [1.165, 1.54) is 6.92 Å². The molecule has 1 saturated carbocycles. The standard InChI is InChI=1S/C15H24NO3S/c1-5-12(18)15(8-6-7-9-15)16-14(19)13(10(2)3)20-11(4)17/h10,13H,1,5-9H2,2-4H3,(H,16,19). The smallest absolute Gasteiger partial charge is 0.234 e.